The van der Waals surface area contributed by atoms with Crippen LogP contribution in [0.5, 0.6) is 0 Å². The average Bonchev–Trinajstić information content (AvgIpc) is 2.46. The number of rotatable bonds is 2. The third-order valence-corrected chi connectivity index (χ3v) is 6.66. The van der Waals surface area contributed by atoms with Crippen LogP contribution in [0.3, 0.4) is 0 Å². The smallest absolute Gasteiger partial charge is 0.0650 e. The first kappa shape index (κ1) is 16.8. The van der Waals surface area contributed by atoms with Gasteiger partial charge in [0.2, 0.25) is 0 Å². The molecule has 2 rings (SSSR count). The molecule has 0 fully saturated rings. The van der Waals surface area contributed by atoms with Crippen LogP contribution in [0.4, 0.5) is 0 Å². The number of aryl methyl sites for hydroxylation is 1. The Kier molecular flexibility index (Phi) is 4.99. The van der Waals surface area contributed by atoms with E-state index in [1.807, 2.05) is 0 Å². The predicted molar refractivity (Wildman–Crippen MR) is 99.8 cm³/mol. The van der Waals surface area contributed by atoms with Crippen molar-refractivity contribution in [3.63, 3.8) is 0 Å². The second kappa shape index (κ2) is 6.26. The number of hydrogen-bond acceptors (Lipinski definition) is 0. The standard InChI is InChI=1S/C19H22Br2/c1-10-9-16(7-8-17(10)20)19(21)18-14(5)12(3)11(2)13(4)15(18)6/h7-9,19H,1-6H3. The van der Waals surface area contributed by atoms with Gasteiger partial charge >= 0.3 is 0 Å². The van der Waals surface area contributed by atoms with E-state index in [2.05, 4.69) is 91.6 Å². The van der Waals surface area contributed by atoms with Crippen molar-refractivity contribution in [2.45, 2.75) is 46.4 Å². The van der Waals surface area contributed by atoms with E-state index >= 15 is 0 Å². The fourth-order valence-corrected chi connectivity index (χ4v) is 4.12. The molecule has 0 saturated carbocycles. The second-order valence-corrected chi connectivity index (χ2v) is 7.68. The summed E-state index contributed by atoms with van der Waals surface area (Å²) in [6, 6.07) is 6.59. The highest BCUT2D eigenvalue weighted by atomic mass is 79.9. The Morgan fingerprint density at radius 3 is 1.71 bits per heavy atom. The molecule has 21 heavy (non-hydrogen) atoms. The molecule has 1 unspecified atom stereocenters. The highest BCUT2D eigenvalue weighted by molar-refractivity contribution is 9.10. The lowest BCUT2D eigenvalue weighted by Gasteiger charge is -2.23. The van der Waals surface area contributed by atoms with Crippen LogP contribution < -0.4 is 0 Å². The first-order valence-corrected chi connectivity index (χ1v) is 8.93. The maximum absolute atomic E-state index is 3.93. The Labute approximate surface area is 145 Å². The monoisotopic (exact) mass is 408 g/mol. The third kappa shape index (κ3) is 2.98. The molecule has 2 aromatic rings. The van der Waals surface area contributed by atoms with E-state index in [-0.39, 0.29) is 4.83 Å². The van der Waals surface area contributed by atoms with Crippen LogP contribution in [0, 0.1) is 41.5 Å². The van der Waals surface area contributed by atoms with Crippen molar-refractivity contribution in [1.29, 1.82) is 0 Å². The molecular formula is C19H22Br2. The fraction of sp³-hybridized carbons (Fsp3) is 0.368. The van der Waals surface area contributed by atoms with Crippen LogP contribution in [0.15, 0.2) is 22.7 Å². The molecule has 0 radical (unpaired) electrons. The molecule has 112 valence electrons. The van der Waals surface area contributed by atoms with Gasteiger partial charge in [-0.15, -0.1) is 0 Å². The number of halogens is 2. The Morgan fingerprint density at radius 1 is 0.762 bits per heavy atom. The first-order valence-electron chi connectivity index (χ1n) is 7.22. The summed E-state index contributed by atoms with van der Waals surface area (Å²) in [6.45, 7) is 13.3. The summed E-state index contributed by atoms with van der Waals surface area (Å²) in [5, 5.41) is 0. The molecule has 0 amide bonds. The lowest BCUT2D eigenvalue weighted by molar-refractivity contribution is 1.05. The maximum atomic E-state index is 3.93. The van der Waals surface area contributed by atoms with Gasteiger partial charge in [0.15, 0.2) is 0 Å². The Bertz CT molecular complexity index is 670. The van der Waals surface area contributed by atoms with Crippen molar-refractivity contribution in [1.82, 2.24) is 0 Å². The lowest BCUT2D eigenvalue weighted by atomic mass is 9.86. The summed E-state index contributed by atoms with van der Waals surface area (Å²) < 4.78 is 1.16. The summed E-state index contributed by atoms with van der Waals surface area (Å²) in [7, 11) is 0. The molecule has 0 aliphatic heterocycles. The Balaban J connectivity index is 2.63. The van der Waals surface area contributed by atoms with Gasteiger partial charge in [0.1, 0.15) is 0 Å². The van der Waals surface area contributed by atoms with Gasteiger partial charge in [-0.2, -0.15) is 0 Å². The van der Waals surface area contributed by atoms with Gasteiger partial charge in [-0.25, -0.2) is 0 Å². The molecule has 0 heterocycles. The Morgan fingerprint density at radius 2 is 1.24 bits per heavy atom. The molecule has 0 aromatic heterocycles. The average molecular weight is 410 g/mol. The number of benzene rings is 2. The summed E-state index contributed by atoms with van der Waals surface area (Å²) in [6.07, 6.45) is 0. The third-order valence-electron chi connectivity index (χ3n) is 4.79. The Hall–Kier alpha value is -0.600. The molecule has 2 heteroatoms. The lowest BCUT2D eigenvalue weighted by Crippen LogP contribution is -2.06. The van der Waals surface area contributed by atoms with Crippen LogP contribution in [0.25, 0.3) is 0 Å². The van der Waals surface area contributed by atoms with Crippen molar-refractivity contribution >= 4 is 31.9 Å². The molecule has 0 aliphatic rings. The van der Waals surface area contributed by atoms with Gasteiger partial charge < -0.3 is 0 Å². The zero-order chi connectivity index (χ0) is 15.9. The number of hydrogen-bond donors (Lipinski definition) is 0. The van der Waals surface area contributed by atoms with E-state index in [0.717, 1.165) is 4.47 Å². The van der Waals surface area contributed by atoms with Gasteiger partial charge in [-0.3, -0.25) is 0 Å². The molecule has 0 nitrogen and oxygen atoms in total. The van der Waals surface area contributed by atoms with Crippen LogP contribution in [-0.4, -0.2) is 0 Å². The normalized spacial score (nSPS) is 12.6. The molecule has 0 N–H and O–H groups in total. The van der Waals surface area contributed by atoms with Crippen LogP contribution in [0.2, 0.25) is 0 Å². The molecule has 2 aromatic carbocycles. The topological polar surface area (TPSA) is 0 Å². The minimum Gasteiger partial charge on any atom is -0.0786 e. The van der Waals surface area contributed by atoms with E-state index in [1.165, 1.54) is 44.5 Å². The highest BCUT2D eigenvalue weighted by Crippen LogP contribution is 2.39. The van der Waals surface area contributed by atoms with Crippen molar-refractivity contribution < 1.29 is 0 Å². The number of alkyl halides is 1. The SMILES string of the molecule is Cc1cc(C(Br)c2c(C)c(C)c(C)c(C)c2C)ccc1Br. The van der Waals surface area contributed by atoms with E-state index in [4.69, 9.17) is 0 Å². The highest BCUT2D eigenvalue weighted by Gasteiger charge is 2.20. The van der Waals surface area contributed by atoms with Crippen molar-refractivity contribution in [3.8, 4) is 0 Å². The second-order valence-electron chi connectivity index (χ2n) is 5.91. The van der Waals surface area contributed by atoms with Crippen molar-refractivity contribution in [2.24, 2.45) is 0 Å². The van der Waals surface area contributed by atoms with Crippen LogP contribution in [-0.2, 0) is 0 Å². The largest absolute Gasteiger partial charge is 0.0786 e. The van der Waals surface area contributed by atoms with E-state index in [9.17, 15) is 0 Å². The molecule has 0 spiro atoms. The van der Waals surface area contributed by atoms with E-state index < -0.39 is 0 Å². The molecule has 0 aliphatic carbocycles. The fourth-order valence-electron chi connectivity index (χ4n) is 2.90. The van der Waals surface area contributed by atoms with Gasteiger partial charge in [0, 0.05) is 4.47 Å². The predicted octanol–water partition coefficient (Wildman–Crippen LogP) is 6.78. The summed E-state index contributed by atoms with van der Waals surface area (Å²) in [4.78, 5) is 0.238. The molecule has 1 atom stereocenters. The van der Waals surface area contributed by atoms with Crippen molar-refractivity contribution in [3.05, 3.63) is 67.2 Å². The minimum atomic E-state index is 0.238. The maximum Gasteiger partial charge on any atom is 0.0650 e. The van der Waals surface area contributed by atoms with Gasteiger partial charge in [0.25, 0.3) is 0 Å². The van der Waals surface area contributed by atoms with Crippen molar-refractivity contribution in [2.75, 3.05) is 0 Å². The quantitative estimate of drug-likeness (QED) is 0.479. The van der Waals surface area contributed by atoms with Gasteiger partial charge in [0.05, 0.1) is 4.83 Å². The van der Waals surface area contributed by atoms with E-state index in [0.29, 0.717) is 0 Å². The summed E-state index contributed by atoms with van der Waals surface area (Å²) in [5.41, 5.74) is 11.0. The first-order chi connectivity index (χ1) is 9.75. The summed E-state index contributed by atoms with van der Waals surface area (Å²) >= 11 is 7.51. The zero-order valence-electron chi connectivity index (χ0n) is 13.6. The molecule has 0 saturated heterocycles. The van der Waals surface area contributed by atoms with E-state index in [1.54, 1.807) is 0 Å². The zero-order valence-corrected chi connectivity index (χ0v) is 16.7. The minimum absolute atomic E-state index is 0.238. The van der Waals surface area contributed by atoms with Crippen LogP contribution in [0.1, 0.15) is 49.3 Å². The molecular weight excluding hydrogens is 388 g/mol. The van der Waals surface area contributed by atoms with Gasteiger partial charge in [-0.05, 0) is 92.1 Å². The van der Waals surface area contributed by atoms with Crippen LogP contribution >= 0.6 is 31.9 Å². The molecule has 0 bridgehead atoms. The van der Waals surface area contributed by atoms with Gasteiger partial charge in [-0.1, -0.05) is 44.0 Å². The summed E-state index contributed by atoms with van der Waals surface area (Å²) in [5.74, 6) is 0.